The molecule has 9 nitrogen and oxygen atoms in total. The number of nitro benzene ring substituents is 1. The second-order valence-electron chi connectivity index (χ2n) is 4.83. The molecule has 25 heavy (non-hydrogen) atoms. The Bertz CT molecular complexity index is 879. The van der Waals surface area contributed by atoms with Crippen molar-refractivity contribution in [2.24, 2.45) is 0 Å². The van der Waals surface area contributed by atoms with Gasteiger partial charge in [-0.3, -0.25) is 10.1 Å². The first kappa shape index (κ1) is 18.4. The summed E-state index contributed by atoms with van der Waals surface area (Å²) < 4.78 is 31.7. The zero-order valence-electron chi connectivity index (χ0n) is 12.8. The zero-order chi connectivity index (χ0) is 18.4. The quantitative estimate of drug-likeness (QED) is 0.412. The molecule has 0 amide bonds. The topological polar surface area (TPSA) is 136 Å². The highest BCUT2D eigenvalue weighted by atomic mass is 32.2. The van der Waals surface area contributed by atoms with Crippen molar-refractivity contribution in [1.82, 2.24) is 4.72 Å². The minimum absolute atomic E-state index is 0.000570. The Morgan fingerprint density at radius 2 is 1.88 bits per heavy atom. The van der Waals surface area contributed by atoms with Crippen molar-refractivity contribution in [2.75, 3.05) is 13.2 Å². The molecule has 0 heterocycles. The molecule has 0 spiro atoms. The lowest BCUT2D eigenvalue weighted by atomic mass is 10.2. The summed E-state index contributed by atoms with van der Waals surface area (Å²) in [6.07, 6.45) is 0. The largest absolute Gasteiger partial charge is 0.492 e. The van der Waals surface area contributed by atoms with E-state index in [4.69, 9.17) is 9.84 Å². The van der Waals surface area contributed by atoms with Crippen LogP contribution in [0.15, 0.2) is 53.4 Å². The van der Waals surface area contributed by atoms with Crippen LogP contribution in [0, 0.1) is 10.1 Å². The normalized spacial score (nSPS) is 11.0. The SMILES string of the molecule is O=C(O)c1ccc(OCCNS(=O)(=O)c2cccc([N+](=O)[O-])c2)cc1. The summed E-state index contributed by atoms with van der Waals surface area (Å²) in [5.74, 6) is -0.671. The molecule has 0 saturated heterocycles. The maximum absolute atomic E-state index is 12.1. The first-order chi connectivity index (χ1) is 11.8. The van der Waals surface area contributed by atoms with Gasteiger partial charge in [0, 0.05) is 18.7 Å². The van der Waals surface area contributed by atoms with Crippen molar-refractivity contribution in [3.8, 4) is 5.75 Å². The Kier molecular flexibility index (Phi) is 5.67. The number of sulfonamides is 1. The van der Waals surface area contributed by atoms with E-state index in [1.165, 1.54) is 42.5 Å². The van der Waals surface area contributed by atoms with E-state index in [1.807, 2.05) is 0 Å². The summed E-state index contributed by atoms with van der Waals surface area (Å²) in [7, 11) is -3.90. The van der Waals surface area contributed by atoms with Crippen LogP contribution < -0.4 is 9.46 Å². The average Bonchev–Trinajstić information content (AvgIpc) is 2.59. The van der Waals surface area contributed by atoms with E-state index >= 15 is 0 Å². The molecule has 2 rings (SSSR count). The van der Waals surface area contributed by atoms with Crippen molar-refractivity contribution in [3.05, 3.63) is 64.2 Å². The van der Waals surface area contributed by atoms with Crippen LogP contribution in [-0.2, 0) is 10.0 Å². The summed E-state index contributed by atoms with van der Waals surface area (Å²) in [4.78, 5) is 20.5. The Morgan fingerprint density at radius 1 is 1.20 bits per heavy atom. The van der Waals surface area contributed by atoms with Crippen LogP contribution in [0.5, 0.6) is 5.75 Å². The van der Waals surface area contributed by atoms with Gasteiger partial charge in [-0.1, -0.05) is 6.07 Å². The van der Waals surface area contributed by atoms with Crippen LogP contribution >= 0.6 is 0 Å². The summed E-state index contributed by atoms with van der Waals surface area (Å²) in [5.41, 5.74) is -0.212. The smallest absolute Gasteiger partial charge is 0.335 e. The third kappa shape index (κ3) is 4.99. The molecular formula is C15H14N2O7S. The molecule has 0 aliphatic carbocycles. The summed E-state index contributed by atoms with van der Waals surface area (Å²) in [5, 5.41) is 19.5. The maximum Gasteiger partial charge on any atom is 0.335 e. The summed E-state index contributed by atoms with van der Waals surface area (Å²) in [6.45, 7) is -0.0632. The molecule has 2 aromatic rings. The number of benzene rings is 2. The fourth-order valence-corrected chi connectivity index (χ4v) is 2.94. The zero-order valence-corrected chi connectivity index (χ0v) is 13.6. The number of carbonyl (C=O) groups is 1. The van der Waals surface area contributed by atoms with Crippen molar-refractivity contribution >= 4 is 21.7 Å². The molecule has 0 atom stereocenters. The lowest BCUT2D eigenvalue weighted by Crippen LogP contribution is -2.28. The van der Waals surface area contributed by atoms with Crippen molar-refractivity contribution in [2.45, 2.75) is 4.90 Å². The predicted molar refractivity (Wildman–Crippen MR) is 87.2 cm³/mol. The number of hydrogen-bond acceptors (Lipinski definition) is 6. The fourth-order valence-electron chi connectivity index (χ4n) is 1.89. The number of carboxylic acids is 1. The van der Waals surface area contributed by atoms with Crippen molar-refractivity contribution < 1.29 is 28.0 Å². The number of aromatic carboxylic acids is 1. The highest BCUT2D eigenvalue weighted by Crippen LogP contribution is 2.17. The third-order valence-corrected chi connectivity index (χ3v) is 4.56. The number of nitrogens with zero attached hydrogens (tertiary/aromatic N) is 1. The molecule has 0 saturated carbocycles. The highest BCUT2D eigenvalue weighted by molar-refractivity contribution is 7.89. The highest BCUT2D eigenvalue weighted by Gasteiger charge is 2.17. The molecule has 10 heteroatoms. The van der Waals surface area contributed by atoms with E-state index in [-0.39, 0.29) is 29.3 Å². The second-order valence-corrected chi connectivity index (χ2v) is 6.60. The van der Waals surface area contributed by atoms with E-state index < -0.39 is 20.9 Å². The molecule has 0 aliphatic rings. The molecule has 0 bridgehead atoms. The number of hydrogen-bond donors (Lipinski definition) is 2. The minimum atomic E-state index is -3.90. The molecule has 0 unspecified atom stereocenters. The van der Waals surface area contributed by atoms with Crippen LogP contribution in [0.4, 0.5) is 5.69 Å². The van der Waals surface area contributed by atoms with E-state index in [0.29, 0.717) is 5.75 Å². The van der Waals surface area contributed by atoms with Gasteiger partial charge < -0.3 is 9.84 Å². The van der Waals surface area contributed by atoms with Crippen LogP contribution in [-0.4, -0.2) is 37.6 Å². The number of ether oxygens (including phenoxy) is 1. The predicted octanol–water partition coefficient (Wildman–Crippen LogP) is 1.65. The Hall–Kier alpha value is -2.98. The van der Waals surface area contributed by atoms with Crippen molar-refractivity contribution in [3.63, 3.8) is 0 Å². The number of carboxylic acid groups (broad SMARTS) is 1. The monoisotopic (exact) mass is 366 g/mol. The lowest BCUT2D eigenvalue weighted by Gasteiger charge is -2.09. The number of nitro groups is 1. The van der Waals surface area contributed by atoms with Gasteiger partial charge in [-0.2, -0.15) is 0 Å². The van der Waals surface area contributed by atoms with E-state index in [0.717, 1.165) is 6.07 Å². The van der Waals surface area contributed by atoms with Gasteiger partial charge in [-0.05, 0) is 30.3 Å². The van der Waals surface area contributed by atoms with Crippen molar-refractivity contribution in [1.29, 1.82) is 0 Å². The number of non-ortho nitro benzene ring substituents is 1. The molecule has 2 N–H and O–H groups in total. The van der Waals surface area contributed by atoms with Crippen LogP contribution in [0.2, 0.25) is 0 Å². The lowest BCUT2D eigenvalue weighted by molar-refractivity contribution is -0.385. The van der Waals surface area contributed by atoms with Gasteiger partial charge in [0.25, 0.3) is 5.69 Å². The van der Waals surface area contributed by atoms with Gasteiger partial charge in [0.2, 0.25) is 10.0 Å². The summed E-state index contributed by atoms with van der Waals surface area (Å²) >= 11 is 0. The Balaban J connectivity index is 1.91. The standard InChI is InChI=1S/C15H14N2O7S/c18-15(19)11-4-6-13(7-5-11)24-9-8-16-25(22,23)14-3-1-2-12(10-14)17(20)21/h1-7,10,16H,8-9H2,(H,18,19). The number of rotatable bonds is 8. The Labute approximate surface area is 143 Å². The number of nitrogens with one attached hydrogen (secondary N) is 1. The van der Waals surface area contributed by atoms with Gasteiger partial charge in [-0.25, -0.2) is 17.9 Å². The van der Waals surface area contributed by atoms with Gasteiger partial charge in [0.15, 0.2) is 0 Å². The maximum atomic E-state index is 12.1. The van der Waals surface area contributed by atoms with Gasteiger partial charge in [0.1, 0.15) is 12.4 Å². The molecule has 2 aromatic carbocycles. The van der Waals surface area contributed by atoms with Crippen LogP contribution in [0.3, 0.4) is 0 Å². The third-order valence-electron chi connectivity index (χ3n) is 3.10. The van der Waals surface area contributed by atoms with Crippen LogP contribution in [0.25, 0.3) is 0 Å². The van der Waals surface area contributed by atoms with Gasteiger partial charge in [0.05, 0.1) is 15.4 Å². The summed E-state index contributed by atoms with van der Waals surface area (Å²) in [6, 6.07) is 10.3. The van der Waals surface area contributed by atoms with E-state index in [9.17, 15) is 23.3 Å². The molecular weight excluding hydrogens is 352 g/mol. The molecule has 0 aliphatic heterocycles. The molecule has 0 radical (unpaired) electrons. The second kappa shape index (κ2) is 7.73. The minimum Gasteiger partial charge on any atom is -0.492 e. The molecule has 0 aromatic heterocycles. The average molecular weight is 366 g/mol. The first-order valence-corrected chi connectivity index (χ1v) is 8.48. The molecule has 0 fully saturated rings. The van der Waals surface area contributed by atoms with E-state index in [2.05, 4.69) is 4.72 Å². The fraction of sp³-hybridized carbons (Fsp3) is 0.133. The first-order valence-electron chi connectivity index (χ1n) is 7.00. The Morgan fingerprint density at radius 3 is 2.48 bits per heavy atom. The van der Waals surface area contributed by atoms with Gasteiger partial charge >= 0.3 is 5.97 Å². The van der Waals surface area contributed by atoms with E-state index in [1.54, 1.807) is 0 Å². The van der Waals surface area contributed by atoms with Gasteiger partial charge in [-0.15, -0.1) is 0 Å². The van der Waals surface area contributed by atoms with Crippen LogP contribution in [0.1, 0.15) is 10.4 Å². The molecule has 132 valence electrons.